The third-order valence-corrected chi connectivity index (χ3v) is 4.50. The van der Waals surface area contributed by atoms with Gasteiger partial charge in [0.2, 0.25) is 0 Å². The minimum absolute atomic E-state index is 0.340. The lowest BCUT2D eigenvalue weighted by Crippen LogP contribution is -2.49. The lowest BCUT2D eigenvalue weighted by atomic mass is 9.68. The highest BCUT2D eigenvalue weighted by molar-refractivity contribution is 4.92. The van der Waals surface area contributed by atoms with E-state index in [9.17, 15) is 0 Å². The summed E-state index contributed by atoms with van der Waals surface area (Å²) in [6.07, 6.45) is 7.97. The van der Waals surface area contributed by atoms with Gasteiger partial charge < -0.3 is 10.6 Å². The Hall–Kier alpha value is -0.0800. The molecule has 17 heavy (non-hydrogen) atoms. The van der Waals surface area contributed by atoms with E-state index in [4.69, 9.17) is 5.73 Å². The maximum Gasteiger partial charge on any atom is 0.0131 e. The van der Waals surface area contributed by atoms with Crippen molar-refractivity contribution in [3.8, 4) is 0 Å². The molecule has 1 fully saturated rings. The second kappa shape index (κ2) is 6.75. The van der Waals surface area contributed by atoms with Crippen molar-refractivity contribution in [3.63, 3.8) is 0 Å². The van der Waals surface area contributed by atoms with E-state index in [-0.39, 0.29) is 0 Å². The van der Waals surface area contributed by atoms with Crippen molar-refractivity contribution in [2.75, 3.05) is 20.1 Å². The van der Waals surface area contributed by atoms with Gasteiger partial charge >= 0.3 is 0 Å². The lowest BCUT2D eigenvalue weighted by Gasteiger charge is -2.43. The average Bonchev–Trinajstić information content (AvgIpc) is 2.25. The zero-order valence-corrected chi connectivity index (χ0v) is 12.3. The molecule has 1 rings (SSSR count). The topological polar surface area (TPSA) is 29.3 Å². The molecule has 0 saturated heterocycles. The highest BCUT2D eigenvalue weighted by Crippen LogP contribution is 2.37. The molecule has 102 valence electrons. The molecule has 2 N–H and O–H groups in total. The molecule has 0 radical (unpaired) electrons. The van der Waals surface area contributed by atoms with Gasteiger partial charge in [-0.2, -0.15) is 0 Å². The van der Waals surface area contributed by atoms with Crippen molar-refractivity contribution >= 4 is 0 Å². The van der Waals surface area contributed by atoms with Gasteiger partial charge in [0, 0.05) is 12.6 Å². The molecule has 0 spiro atoms. The van der Waals surface area contributed by atoms with Crippen LogP contribution < -0.4 is 5.73 Å². The fourth-order valence-corrected chi connectivity index (χ4v) is 3.13. The summed E-state index contributed by atoms with van der Waals surface area (Å²) in [6, 6.07) is 0.380. The molecule has 0 heterocycles. The van der Waals surface area contributed by atoms with Gasteiger partial charge in [0.15, 0.2) is 0 Å². The molecular formula is C15H32N2. The SMILES string of the molecule is CCCCCN(C)CC1CCCC(C)(C)C1N. The summed E-state index contributed by atoms with van der Waals surface area (Å²) < 4.78 is 0. The van der Waals surface area contributed by atoms with Crippen LogP contribution in [0.1, 0.15) is 59.3 Å². The Kier molecular flexibility index (Phi) is 5.94. The standard InChI is InChI=1S/C15H32N2/c1-5-6-7-11-17(4)12-13-9-8-10-15(2,3)14(13)16/h13-14H,5-12,16H2,1-4H3. The van der Waals surface area contributed by atoms with E-state index in [1.807, 2.05) is 0 Å². The maximum atomic E-state index is 6.43. The molecule has 0 aromatic heterocycles. The Bertz CT molecular complexity index is 213. The van der Waals surface area contributed by atoms with E-state index < -0.39 is 0 Å². The van der Waals surface area contributed by atoms with E-state index in [2.05, 4.69) is 32.7 Å². The van der Waals surface area contributed by atoms with Crippen LogP contribution in [0.4, 0.5) is 0 Å². The summed E-state index contributed by atoms with van der Waals surface area (Å²) in [7, 11) is 2.25. The van der Waals surface area contributed by atoms with E-state index >= 15 is 0 Å². The van der Waals surface area contributed by atoms with Crippen molar-refractivity contribution < 1.29 is 0 Å². The summed E-state index contributed by atoms with van der Waals surface area (Å²) in [6.45, 7) is 9.35. The van der Waals surface area contributed by atoms with Gasteiger partial charge in [-0.25, -0.2) is 0 Å². The maximum absolute atomic E-state index is 6.43. The first-order valence-electron chi connectivity index (χ1n) is 7.41. The molecule has 0 amide bonds. The Labute approximate surface area is 108 Å². The Balaban J connectivity index is 2.34. The first-order valence-corrected chi connectivity index (χ1v) is 7.41. The van der Waals surface area contributed by atoms with Crippen molar-refractivity contribution in [2.45, 2.75) is 65.3 Å². The van der Waals surface area contributed by atoms with Crippen LogP contribution in [-0.4, -0.2) is 31.1 Å². The first-order chi connectivity index (χ1) is 7.97. The fraction of sp³-hybridized carbons (Fsp3) is 1.00. The van der Waals surface area contributed by atoms with Gasteiger partial charge in [-0.15, -0.1) is 0 Å². The summed E-state index contributed by atoms with van der Waals surface area (Å²) in [5.74, 6) is 0.699. The summed E-state index contributed by atoms with van der Waals surface area (Å²) in [4.78, 5) is 2.49. The van der Waals surface area contributed by atoms with Gasteiger partial charge in [0.1, 0.15) is 0 Å². The van der Waals surface area contributed by atoms with Crippen LogP contribution in [0.2, 0.25) is 0 Å². The van der Waals surface area contributed by atoms with Crippen LogP contribution in [0, 0.1) is 11.3 Å². The van der Waals surface area contributed by atoms with Crippen molar-refractivity contribution in [1.29, 1.82) is 0 Å². The highest BCUT2D eigenvalue weighted by atomic mass is 15.1. The second-order valence-electron chi connectivity index (χ2n) is 6.64. The summed E-state index contributed by atoms with van der Waals surface area (Å²) in [5, 5.41) is 0. The number of unbranched alkanes of at least 4 members (excludes halogenated alkanes) is 2. The third-order valence-electron chi connectivity index (χ3n) is 4.50. The monoisotopic (exact) mass is 240 g/mol. The number of nitrogens with two attached hydrogens (primary N) is 1. The number of hydrogen-bond acceptors (Lipinski definition) is 2. The average molecular weight is 240 g/mol. The Morgan fingerprint density at radius 1 is 1.29 bits per heavy atom. The third kappa shape index (κ3) is 4.59. The van der Waals surface area contributed by atoms with Crippen molar-refractivity contribution in [1.82, 2.24) is 4.90 Å². The number of rotatable bonds is 6. The van der Waals surface area contributed by atoms with Crippen LogP contribution in [0.3, 0.4) is 0 Å². The fourth-order valence-electron chi connectivity index (χ4n) is 3.13. The van der Waals surface area contributed by atoms with E-state index in [0.717, 1.165) is 0 Å². The molecule has 2 atom stereocenters. The van der Waals surface area contributed by atoms with Crippen molar-refractivity contribution in [3.05, 3.63) is 0 Å². The predicted octanol–water partition coefficient (Wildman–Crippen LogP) is 3.26. The molecular weight excluding hydrogens is 208 g/mol. The number of hydrogen-bond donors (Lipinski definition) is 1. The quantitative estimate of drug-likeness (QED) is 0.722. The molecule has 2 unspecified atom stereocenters. The molecule has 1 aliphatic rings. The van der Waals surface area contributed by atoms with E-state index in [0.29, 0.717) is 17.4 Å². The van der Waals surface area contributed by atoms with E-state index in [1.54, 1.807) is 0 Å². The minimum atomic E-state index is 0.340. The van der Waals surface area contributed by atoms with Gasteiger partial charge in [-0.3, -0.25) is 0 Å². The Morgan fingerprint density at radius 3 is 2.65 bits per heavy atom. The molecule has 2 nitrogen and oxygen atoms in total. The van der Waals surface area contributed by atoms with Crippen molar-refractivity contribution in [2.24, 2.45) is 17.1 Å². The van der Waals surface area contributed by atoms with Crippen LogP contribution in [0.5, 0.6) is 0 Å². The minimum Gasteiger partial charge on any atom is -0.327 e. The van der Waals surface area contributed by atoms with Gasteiger partial charge in [-0.1, -0.05) is 40.0 Å². The normalized spacial score (nSPS) is 28.6. The smallest absolute Gasteiger partial charge is 0.0131 e. The molecule has 0 aromatic carbocycles. The van der Waals surface area contributed by atoms with Crippen LogP contribution in [0.25, 0.3) is 0 Å². The summed E-state index contributed by atoms with van der Waals surface area (Å²) >= 11 is 0. The largest absolute Gasteiger partial charge is 0.327 e. The summed E-state index contributed by atoms with van der Waals surface area (Å²) in [5.41, 5.74) is 6.77. The first kappa shape index (κ1) is 15.0. The van der Waals surface area contributed by atoms with E-state index in [1.165, 1.54) is 51.6 Å². The number of nitrogens with zero attached hydrogens (tertiary/aromatic N) is 1. The zero-order chi connectivity index (χ0) is 12.9. The Morgan fingerprint density at radius 2 is 2.00 bits per heavy atom. The van der Waals surface area contributed by atoms with Gasteiger partial charge in [-0.05, 0) is 44.2 Å². The van der Waals surface area contributed by atoms with Gasteiger partial charge in [0.05, 0.1) is 0 Å². The predicted molar refractivity (Wildman–Crippen MR) is 76.1 cm³/mol. The lowest BCUT2D eigenvalue weighted by molar-refractivity contribution is 0.110. The molecule has 0 aliphatic heterocycles. The van der Waals surface area contributed by atoms with Crippen LogP contribution >= 0.6 is 0 Å². The molecule has 1 saturated carbocycles. The van der Waals surface area contributed by atoms with Gasteiger partial charge in [0.25, 0.3) is 0 Å². The zero-order valence-electron chi connectivity index (χ0n) is 12.3. The molecule has 2 heteroatoms. The second-order valence-corrected chi connectivity index (χ2v) is 6.64. The van der Waals surface area contributed by atoms with Crippen LogP contribution in [0.15, 0.2) is 0 Å². The molecule has 1 aliphatic carbocycles. The molecule has 0 bridgehead atoms. The molecule has 0 aromatic rings. The highest BCUT2D eigenvalue weighted by Gasteiger charge is 2.36. The van der Waals surface area contributed by atoms with Crippen LogP contribution in [-0.2, 0) is 0 Å².